The minimum absolute atomic E-state index is 0.0264. The Hall–Kier alpha value is -2.48. The second-order valence-corrected chi connectivity index (χ2v) is 14.5. The molecule has 220 valence electrons. The Bertz CT molecular complexity index is 1350. The van der Waals surface area contributed by atoms with Crippen LogP contribution in [-0.4, -0.2) is 59.6 Å². The Morgan fingerprint density at radius 2 is 1.88 bits per heavy atom. The third kappa shape index (κ3) is 3.61. The number of benzene rings is 1. The molecule has 7 heteroatoms. The second kappa shape index (κ2) is 8.77. The molecular formula is C34H43NO6. The molecule has 0 aromatic heterocycles. The summed E-state index contributed by atoms with van der Waals surface area (Å²) in [5.74, 6) is -1.23. The Labute approximate surface area is 242 Å². The van der Waals surface area contributed by atoms with Gasteiger partial charge in [-0.15, -0.1) is 0 Å². The van der Waals surface area contributed by atoms with E-state index >= 15 is 0 Å². The molecule has 6 aliphatic rings. The van der Waals surface area contributed by atoms with E-state index in [9.17, 15) is 14.7 Å². The first-order valence-electron chi connectivity index (χ1n) is 15.3. The smallest absolute Gasteiger partial charge is 0.329 e. The van der Waals surface area contributed by atoms with E-state index < -0.39 is 35.1 Å². The van der Waals surface area contributed by atoms with Gasteiger partial charge in [0.05, 0.1) is 12.0 Å². The highest BCUT2D eigenvalue weighted by Crippen LogP contribution is 2.72. The van der Waals surface area contributed by atoms with E-state index in [2.05, 4.69) is 25.7 Å². The van der Waals surface area contributed by atoms with E-state index in [0.29, 0.717) is 17.9 Å². The number of para-hydroxylation sites is 1. The highest BCUT2D eigenvalue weighted by atomic mass is 16.7. The predicted molar refractivity (Wildman–Crippen MR) is 154 cm³/mol. The maximum Gasteiger partial charge on any atom is 0.329 e. The van der Waals surface area contributed by atoms with E-state index in [0.717, 1.165) is 30.6 Å². The molecule has 0 radical (unpaired) electrons. The number of aliphatic hydroxyl groups is 1. The lowest BCUT2D eigenvalue weighted by atomic mass is 9.59. The molecule has 1 aromatic carbocycles. The number of anilines is 1. The fourth-order valence-electron chi connectivity index (χ4n) is 9.43. The number of fused-ring (bicyclic) bond motifs is 5. The summed E-state index contributed by atoms with van der Waals surface area (Å²) in [5, 5.41) is 13.2. The first-order valence-corrected chi connectivity index (χ1v) is 15.3. The van der Waals surface area contributed by atoms with Gasteiger partial charge in [-0.05, 0) is 86.5 Å². The van der Waals surface area contributed by atoms with Crippen LogP contribution in [0, 0.1) is 34.5 Å². The van der Waals surface area contributed by atoms with Crippen LogP contribution >= 0.6 is 0 Å². The molecule has 1 N–H and O–H groups in total. The summed E-state index contributed by atoms with van der Waals surface area (Å²) in [6.07, 6.45) is 4.52. The monoisotopic (exact) mass is 561 g/mol. The quantitative estimate of drug-likeness (QED) is 0.418. The number of carbonyl (C=O) groups is 2. The zero-order valence-corrected chi connectivity index (χ0v) is 25.1. The van der Waals surface area contributed by atoms with Crippen molar-refractivity contribution in [3.63, 3.8) is 0 Å². The number of carbonyl (C=O) groups excluding carboxylic acids is 2. The van der Waals surface area contributed by atoms with Crippen LogP contribution in [0.15, 0.2) is 53.6 Å². The van der Waals surface area contributed by atoms with Crippen molar-refractivity contribution in [2.45, 2.75) is 90.4 Å². The second-order valence-electron chi connectivity index (χ2n) is 14.5. The molecule has 7 nitrogen and oxygen atoms in total. The molecule has 4 aliphatic carbocycles. The van der Waals surface area contributed by atoms with Gasteiger partial charge < -0.3 is 24.2 Å². The van der Waals surface area contributed by atoms with Crippen LogP contribution in [0.5, 0.6) is 0 Å². The van der Waals surface area contributed by atoms with Crippen LogP contribution in [0.25, 0.3) is 0 Å². The van der Waals surface area contributed by atoms with Gasteiger partial charge in [-0.1, -0.05) is 51.1 Å². The molecule has 2 saturated heterocycles. The molecular weight excluding hydrogens is 518 g/mol. The van der Waals surface area contributed by atoms with E-state index in [1.54, 1.807) is 0 Å². The molecule has 41 heavy (non-hydrogen) atoms. The van der Waals surface area contributed by atoms with Crippen molar-refractivity contribution in [3.8, 4) is 0 Å². The summed E-state index contributed by atoms with van der Waals surface area (Å²) in [7, 11) is 0. The number of hydrogen-bond donors (Lipinski definition) is 1. The lowest BCUT2D eigenvalue weighted by Crippen LogP contribution is -2.68. The van der Waals surface area contributed by atoms with Gasteiger partial charge in [-0.3, -0.25) is 4.79 Å². The van der Waals surface area contributed by atoms with Crippen LogP contribution in [0.4, 0.5) is 5.69 Å². The topological polar surface area (TPSA) is 85.3 Å². The van der Waals surface area contributed by atoms with Gasteiger partial charge in [0.2, 0.25) is 0 Å². The molecule has 4 fully saturated rings. The minimum atomic E-state index is -1.79. The molecule has 2 bridgehead atoms. The average molecular weight is 562 g/mol. The van der Waals surface area contributed by atoms with Gasteiger partial charge in [0.1, 0.15) is 12.1 Å². The normalized spacial score (nSPS) is 43.5. The number of ether oxygens (including phenoxy) is 3. The molecule has 2 unspecified atom stereocenters. The van der Waals surface area contributed by atoms with Crippen molar-refractivity contribution in [2.75, 3.05) is 18.1 Å². The van der Waals surface area contributed by atoms with E-state index in [4.69, 9.17) is 14.2 Å². The number of nitrogens with zero attached hydrogens (tertiary/aromatic N) is 1. The van der Waals surface area contributed by atoms with Crippen molar-refractivity contribution < 1.29 is 28.9 Å². The highest BCUT2D eigenvalue weighted by Gasteiger charge is 2.77. The van der Waals surface area contributed by atoms with Crippen LogP contribution in [0.3, 0.4) is 0 Å². The number of rotatable bonds is 3. The first kappa shape index (κ1) is 27.4. The Morgan fingerprint density at radius 3 is 2.61 bits per heavy atom. The SMILES string of the molecule is CC1=CC23C(=O)[C@@H](C=C4COC(C)(C)O[C@H]4[C@]2(O)[C@H]1OC(=O)[C@@H]1CCCN1c1ccccc1)[C@H]1[C@@H](CC3C)C1(C)C. The van der Waals surface area contributed by atoms with Gasteiger partial charge in [-0.2, -0.15) is 0 Å². The van der Waals surface area contributed by atoms with Gasteiger partial charge in [0.15, 0.2) is 23.3 Å². The number of hydrogen-bond acceptors (Lipinski definition) is 7. The molecule has 1 aromatic rings. The zero-order chi connectivity index (χ0) is 29.1. The fraction of sp³-hybridized carbons (Fsp3) is 0.647. The Morgan fingerprint density at radius 1 is 1.15 bits per heavy atom. The Balaban J connectivity index is 1.32. The summed E-state index contributed by atoms with van der Waals surface area (Å²) in [6.45, 7) is 13.2. The largest absolute Gasteiger partial charge is 0.453 e. The molecule has 1 spiro atoms. The maximum absolute atomic E-state index is 14.9. The molecule has 2 heterocycles. The molecule has 2 saturated carbocycles. The molecule has 9 atom stereocenters. The lowest BCUT2D eigenvalue weighted by Gasteiger charge is -2.52. The lowest BCUT2D eigenvalue weighted by molar-refractivity contribution is -0.304. The third-order valence-corrected chi connectivity index (χ3v) is 11.5. The van der Waals surface area contributed by atoms with Gasteiger partial charge in [0.25, 0.3) is 0 Å². The fourth-order valence-corrected chi connectivity index (χ4v) is 9.43. The highest BCUT2D eigenvalue weighted by molar-refractivity contribution is 5.95. The van der Waals surface area contributed by atoms with E-state index in [1.165, 1.54) is 0 Å². The maximum atomic E-state index is 14.9. The zero-order valence-electron chi connectivity index (χ0n) is 25.1. The standard InChI is InChI=1S/C34H43NO6/c1-19-17-33-20(2)15-24-26(31(24,3)4)23(27(33)36)16-21-18-39-32(5,6)41-29(21)34(33,38)28(19)40-30(37)25-13-10-14-35(25)22-11-8-7-9-12-22/h7-9,11-12,16-17,20,23-26,28-29,38H,10,13-15,18H2,1-6H3/t20?,23-,24+,25-,26-,28-,29+,33?,34+/m0/s1. The van der Waals surface area contributed by atoms with Crippen LogP contribution < -0.4 is 4.90 Å². The average Bonchev–Trinajstić information content (AvgIpc) is 3.21. The van der Waals surface area contributed by atoms with Crippen LogP contribution in [0.2, 0.25) is 0 Å². The number of ketones is 1. The summed E-state index contributed by atoms with van der Waals surface area (Å²) in [4.78, 5) is 31.0. The minimum Gasteiger partial charge on any atom is -0.453 e. The predicted octanol–water partition coefficient (Wildman–Crippen LogP) is 4.83. The summed E-state index contributed by atoms with van der Waals surface area (Å²) in [6, 6.07) is 9.46. The Kier molecular flexibility index (Phi) is 5.85. The molecule has 0 amide bonds. The molecule has 7 rings (SSSR count). The van der Waals surface area contributed by atoms with Crippen molar-refractivity contribution in [3.05, 3.63) is 53.6 Å². The number of esters is 1. The van der Waals surface area contributed by atoms with Crippen LogP contribution in [0.1, 0.15) is 60.8 Å². The van der Waals surface area contributed by atoms with E-state index in [-0.39, 0.29) is 41.5 Å². The van der Waals surface area contributed by atoms with Crippen LogP contribution in [-0.2, 0) is 23.8 Å². The summed E-state index contributed by atoms with van der Waals surface area (Å²) >= 11 is 0. The van der Waals surface area contributed by atoms with E-state index in [1.807, 2.05) is 63.3 Å². The van der Waals surface area contributed by atoms with Gasteiger partial charge in [-0.25, -0.2) is 4.79 Å². The first-order chi connectivity index (χ1) is 19.3. The summed E-state index contributed by atoms with van der Waals surface area (Å²) < 4.78 is 19.0. The van der Waals surface area contributed by atoms with Crippen molar-refractivity contribution in [1.82, 2.24) is 0 Å². The number of Topliss-reactive ketones (excluding diaryl/α,β-unsaturated/α-hetero) is 1. The third-order valence-electron chi connectivity index (χ3n) is 11.5. The number of allylic oxidation sites excluding steroid dienone is 1. The van der Waals surface area contributed by atoms with Crippen molar-refractivity contribution in [1.29, 1.82) is 0 Å². The van der Waals surface area contributed by atoms with Gasteiger partial charge in [0, 0.05) is 18.2 Å². The van der Waals surface area contributed by atoms with Crippen molar-refractivity contribution in [2.24, 2.45) is 34.5 Å². The van der Waals surface area contributed by atoms with Gasteiger partial charge >= 0.3 is 5.97 Å². The summed E-state index contributed by atoms with van der Waals surface area (Å²) in [5.41, 5.74) is -0.504. The molecule has 2 aliphatic heterocycles. The van der Waals surface area contributed by atoms with Crippen molar-refractivity contribution >= 4 is 17.4 Å².